The van der Waals surface area contributed by atoms with E-state index in [1.807, 2.05) is 0 Å². The number of rotatable bonds is 12. The molecule has 2 nitrogen and oxygen atoms in total. The van der Waals surface area contributed by atoms with E-state index in [0.29, 0.717) is 0 Å². The molecule has 0 aromatic heterocycles. The maximum atomic E-state index is 10.3. The van der Waals surface area contributed by atoms with Crippen molar-refractivity contribution in [2.75, 3.05) is 0 Å². The molecule has 0 bridgehead atoms. The fourth-order valence-corrected chi connectivity index (χ4v) is 1.64. The summed E-state index contributed by atoms with van der Waals surface area (Å²) < 4.78 is 0. The molecule has 0 amide bonds. The molecule has 0 fully saturated rings. The van der Waals surface area contributed by atoms with Crippen LogP contribution in [0.4, 0.5) is 0 Å². The van der Waals surface area contributed by atoms with Crippen molar-refractivity contribution in [2.24, 2.45) is 0 Å². The first-order valence-electron chi connectivity index (χ1n) is 7.59. The second kappa shape index (κ2) is 19.0. The van der Waals surface area contributed by atoms with Gasteiger partial charge in [-0.15, -0.1) is 0 Å². The third-order valence-corrected chi connectivity index (χ3v) is 2.73. The molecule has 1 N–H and O–H groups in total. The minimum absolute atomic E-state index is 0. The van der Waals surface area contributed by atoms with Crippen LogP contribution in [0.1, 0.15) is 58.3 Å². The number of carbonyl (C=O) groups is 1. The van der Waals surface area contributed by atoms with Gasteiger partial charge in [0, 0.05) is 25.3 Å². The van der Waals surface area contributed by atoms with Gasteiger partial charge in [0.15, 0.2) is 0 Å². The molecule has 0 saturated carbocycles. The summed E-state index contributed by atoms with van der Waals surface area (Å²) in [4.78, 5) is 10.3. The molecular formula is C18H28LiO2. The Bertz CT molecular complexity index is 341. The maximum absolute atomic E-state index is 10.3. The van der Waals surface area contributed by atoms with Gasteiger partial charge in [0.05, 0.1) is 0 Å². The number of hydrogen-bond acceptors (Lipinski definition) is 1. The van der Waals surface area contributed by atoms with Gasteiger partial charge < -0.3 is 5.11 Å². The van der Waals surface area contributed by atoms with E-state index in [4.69, 9.17) is 5.11 Å². The number of hydrogen-bond donors (Lipinski definition) is 1. The molecule has 0 unspecified atom stereocenters. The van der Waals surface area contributed by atoms with Crippen molar-refractivity contribution in [3.05, 3.63) is 48.6 Å². The Morgan fingerprint density at radius 1 is 0.810 bits per heavy atom. The van der Waals surface area contributed by atoms with Crippen LogP contribution < -0.4 is 0 Å². The predicted octanol–water partition coefficient (Wildman–Crippen LogP) is 5.06. The van der Waals surface area contributed by atoms with Crippen LogP contribution in [0.25, 0.3) is 0 Å². The number of allylic oxidation sites excluding steroid dienone is 8. The summed E-state index contributed by atoms with van der Waals surface area (Å²) in [6.07, 6.45) is 24.4. The van der Waals surface area contributed by atoms with Gasteiger partial charge in [-0.25, -0.2) is 0 Å². The minimum atomic E-state index is -0.699. The quantitative estimate of drug-likeness (QED) is 0.309. The maximum Gasteiger partial charge on any atom is 0.303 e. The topological polar surface area (TPSA) is 37.3 Å². The van der Waals surface area contributed by atoms with E-state index in [1.54, 1.807) is 0 Å². The van der Waals surface area contributed by atoms with Crippen molar-refractivity contribution in [1.82, 2.24) is 0 Å². The summed E-state index contributed by atoms with van der Waals surface area (Å²) in [6.45, 7) is 2.14. The second-order valence-electron chi connectivity index (χ2n) is 4.64. The Balaban J connectivity index is 0. The van der Waals surface area contributed by atoms with Gasteiger partial charge in [-0.3, -0.25) is 4.79 Å². The molecule has 0 spiro atoms. The molecule has 0 heterocycles. The third kappa shape index (κ3) is 21.5. The van der Waals surface area contributed by atoms with Gasteiger partial charge in [0.25, 0.3) is 0 Å². The van der Waals surface area contributed by atoms with Crippen LogP contribution in [0, 0.1) is 0 Å². The Morgan fingerprint density at radius 2 is 1.29 bits per heavy atom. The van der Waals surface area contributed by atoms with E-state index in [0.717, 1.165) is 44.9 Å². The molecular weight excluding hydrogens is 255 g/mol. The summed E-state index contributed by atoms with van der Waals surface area (Å²) in [5.41, 5.74) is 0. The molecule has 0 aliphatic carbocycles. The Hall–Kier alpha value is -0.973. The summed E-state index contributed by atoms with van der Waals surface area (Å²) in [6, 6.07) is 0. The molecule has 0 aromatic rings. The molecule has 1 radical (unpaired) electrons. The molecule has 0 aromatic carbocycles. The van der Waals surface area contributed by atoms with E-state index in [-0.39, 0.29) is 25.3 Å². The van der Waals surface area contributed by atoms with Crippen LogP contribution in [0.15, 0.2) is 48.6 Å². The van der Waals surface area contributed by atoms with Crippen LogP contribution in [0.5, 0.6) is 0 Å². The van der Waals surface area contributed by atoms with E-state index in [9.17, 15) is 4.79 Å². The zero-order valence-electron chi connectivity index (χ0n) is 13.6. The van der Waals surface area contributed by atoms with Crippen LogP contribution in [-0.4, -0.2) is 29.9 Å². The van der Waals surface area contributed by atoms with Gasteiger partial charge in [-0.2, -0.15) is 0 Å². The molecule has 21 heavy (non-hydrogen) atoms. The fourth-order valence-electron chi connectivity index (χ4n) is 1.64. The van der Waals surface area contributed by atoms with Crippen molar-refractivity contribution in [2.45, 2.75) is 58.3 Å². The summed E-state index contributed by atoms with van der Waals surface area (Å²) in [5.74, 6) is -0.699. The van der Waals surface area contributed by atoms with Crippen LogP contribution >= 0.6 is 0 Å². The smallest absolute Gasteiger partial charge is 0.303 e. The largest absolute Gasteiger partial charge is 0.481 e. The van der Waals surface area contributed by atoms with Crippen molar-refractivity contribution < 1.29 is 9.90 Å². The zero-order valence-corrected chi connectivity index (χ0v) is 13.6. The van der Waals surface area contributed by atoms with Crippen molar-refractivity contribution in [3.8, 4) is 0 Å². The molecule has 0 aliphatic heterocycles. The first-order valence-corrected chi connectivity index (χ1v) is 7.59. The van der Waals surface area contributed by atoms with Gasteiger partial charge in [-0.05, 0) is 44.9 Å². The average Bonchev–Trinajstić information content (AvgIpc) is 2.43. The van der Waals surface area contributed by atoms with Crippen LogP contribution in [0.2, 0.25) is 0 Å². The monoisotopic (exact) mass is 283 g/mol. The average molecular weight is 283 g/mol. The van der Waals surface area contributed by atoms with E-state index in [2.05, 4.69) is 55.5 Å². The van der Waals surface area contributed by atoms with Crippen molar-refractivity contribution >= 4 is 24.8 Å². The number of aliphatic carboxylic acids is 1. The molecule has 3 heteroatoms. The molecule has 0 atom stereocenters. The van der Waals surface area contributed by atoms with Crippen molar-refractivity contribution in [1.29, 1.82) is 0 Å². The molecule has 0 aliphatic rings. The first kappa shape index (κ1) is 22.3. The number of carboxylic acid groups (broad SMARTS) is 1. The number of carboxylic acids is 1. The van der Waals surface area contributed by atoms with Gasteiger partial charge in [0.2, 0.25) is 0 Å². The Morgan fingerprint density at radius 3 is 1.76 bits per heavy atom. The van der Waals surface area contributed by atoms with Crippen molar-refractivity contribution in [3.63, 3.8) is 0 Å². The zero-order chi connectivity index (χ0) is 14.9. The van der Waals surface area contributed by atoms with Crippen LogP contribution in [0.3, 0.4) is 0 Å². The number of unbranched alkanes of at least 4 members (excludes halogenated alkanes) is 2. The third-order valence-electron chi connectivity index (χ3n) is 2.73. The Labute approximate surface area is 141 Å². The van der Waals surface area contributed by atoms with E-state index in [1.165, 1.54) is 0 Å². The van der Waals surface area contributed by atoms with Gasteiger partial charge in [-0.1, -0.05) is 55.5 Å². The minimum Gasteiger partial charge on any atom is -0.481 e. The van der Waals surface area contributed by atoms with E-state index < -0.39 is 5.97 Å². The summed E-state index contributed by atoms with van der Waals surface area (Å²) >= 11 is 0. The molecule has 0 saturated heterocycles. The van der Waals surface area contributed by atoms with Crippen LogP contribution in [-0.2, 0) is 4.79 Å². The first-order chi connectivity index (χ1) is 9.77. The second-order valence-corrected chi connectivity index (χ2v) is 4.64. The SMILES string of the molecule is CC/C=C\C/C=C\C/C=C\C/C=C\CCCCC(=O)O.[Li]. The summed E-state index contributed by atoms with van der Waals surface area (Å²) in [7, 11) is 0. The standard InChI is InChI=1S/C18H28O2.Li/c1-2-3-4-5-6-7-8-9-10-11-12-13-14-15-16-17-18(19)20;/h3-4,6-7,9-10,12-13H,2,5,8,11,14-17H2,1H3,(H,19,20);/b4-3-,7-6-,10-9-,13-12-;. The fraction of sp³-hybridized carbons (Fsp3) is 0.500. The normalized spacial score (nSPS) is 11.9. The van der Waals surface area contributed by atoms with Gasteiger partial charge in [0.1, 0.15) is 0 Å². The molecule has 0 rings (SSSR count). The molecule has 113 valence electrons. The Kier molecular flexibility index (Phi) is 20.2. The summed E-state index contributed by atoms with van der Waals surface area (Å²) in [5, 5.41) is 8.48. The predicted molar refractivity (Wildman–Crippen MR) is 92.6 cm³/mol. The van der Waals surface area contributed by atoms with Gasteiger partial charge >= 0.3 is 5.97 Å². The van der Waals surface area contributed by atoms with E-state index >= 15 is 0 Å².